The van der Waals surface area contributed by atoms with Crippen molar-refractivity contribution in [1.29, 1.82) is 0 Å². The number of ketones is 2. The van der Waals surface area contributed by atoms with Gasteiger partial charge >= 0.3 is 0 Å². The van der Waals surface area contributed by atoms with Crippen molar-refractivity contribution in [3.05, 3.63) is 65.0 Å². The molecule has 0 aliphatic carbocycles. The van der Waals surface area contributed by atoms with Gasteiger partial charge < -0.3 is 14.2 Å². The maximum Gasteiger partial charge on any atom is 0.179 e. The van der Waals surface area contributed by atoms with Crippen molar-refractivity contribution in [3.8, 4) is 17.2 Å². The van der Waals surface area contributed by atoms with Gasteiger partial charge in [-0.1, -0.05) is 41.5 Å². The van der Waals surface area contributed by atoms with E-state index in [0.717, 1.165) is 45.7 Å². The summed E-state index contributed by atoms with van der Waals surface area (Å²) in [5.74, 6) is 4.59. The largest absolute Gasteiger partial charge is 0.486 e. The zero-order chi connectivity index (χ0) is 29.5. The maximum absolute atomic E-state index is 11.2. The average Bonchev–Trinajstić information content (AvgIpc) is 2.96. The molecule has 0 saturated heterocycles. The van der Waals surface area contributed by atoms with Gasteiger partial charge in [-0.15, -0.1) is 11.8 Å². The van der Waals surface area contributed by atoms with Crippen LogP contribution in [0.5, 0.6) is 17.2 Å². The molecular formula is C32H39N3O5S. The van der Waals surface area contributed by atoms with Gasteiger partial charge in [0.1, 0.15) is 31.4 Å². The Morgan fingerprint density at radius 2 is 1.29 bits per heavy atom. The summed E-state index contributed by atoms with van der Waals surface area (Å²) in [5, 5.41) is 0. The Balaban J connectivity index is 0.000000142. The molecule has 3 aromatic rings. The number of carbonyl (C=O) groups excluding carboxylic acids is 2. The fourth-order valence-electron chi connectivity index (χ4n) is 4.24. The summed E-state index contributed by atoms with van der Waals surface area (Å²) in [6.45, 7) is 14.1. The summed E-state index contributed by atoms with van der Waals surface area (Å²) in [7, 11) is 0. The second kappa shape index (κ2) is 13.9. The van der Waals surface area contributed by atoms with Crippen molar-refractivity contribution < 1.29 is 23.8 Å². The third kappa shape index (κ3) is 8.28. The van der Waals surface area contributed by atoms with Crippen molar-refractivity contribution in [2.75, 3.05) is 25.6 Å². The molecule has 0 fully saturated rings. The van der Waals surface area contributed by atoms with Gasteiger partial charge in [-0.25, -0.2) is 0 Å². The highest BCUT2D eigenvalue weighted by molar-refractivity contribution is 8.00. The zero-order valence-corrected chi connectivity index (χ0v) is 25.5. The second-order valence-electron chi connectivity index (χ2n) is 11.1. The van der Waals surface area contributed by atoms with Gasteiger partial charge in [0.05, 0.1) is 36.2 Å². The highest BCUT2D eigenvalue weighted by atomic mass is 32.2. The number of aromatic nitrogens is 3. The first-order valence-electron chi connectivity index (χ1n) is 14.1. The Morgan fingerprint density at radius 1 is 0.683 bits per heavy atom. The van der Waals surface area contributed by atoms with Crippen molar-refractivity contribution in [2.45, 2.75) is 77.0 Å². The summed E-state index contributed by atoms with van der Waals surface area (Å²) < 4.78 is 16.1. The highest BCUT2D eigenvalue weighted by Gasteiger charge is 2.19. The van der Waals surface area contributed by atoms with Crippen LogP contribution in [0, 0.1) is 0 Å². The highest BCUT2D eigenvalue weighted by Crippen LogP contribution is 2.31. The van der Waals surface area contributed by atoms with Crippen LogP contribution in [0.1, 0.15) is 87.8 Å². The topological polar surface area (TPSA) is 100 Å². The fraction of sp³-hybridized carbons (Fsp3) is 0.469. The molecule has 3 aromatic heterocycles. The number of ether oxygens (including phenoxy) is 3. The molecule has 218 valence electrons. The Kier molecular flexibility index (Phi) is 10.4. The molecule has 0 atom stereocenters. The van der Waals surface area contributed by atoms with E-state index in [-0.39, 0.29) is 18.2 Å². The number of hydrogen-bond acceptors (Lipinski definition) is 9. The molecular weight excluding hydrogens is 538 g/mol. The molecule has 0 aromatic carbocycles. The van der Waals surface area contributed by atoms with E-state index in [1.165, 1.54) is 4.90 Å². The standard InChI is InChI=1S/C11H13NO2.C11H13NOS.C10H13NO2/c2*1-7(2)9-3-4-11-10(12-9)5-8(13)6-14-11;1-7(2)8-5-9-10(6-11-8)13-4-3-12-9/h2*3-4,7H,5-6H2,1-2H3;5-7H,3-4H2,1-2H3. The molecule has 3 aliphatic heterocycles. The lowest BCUT2D eigenvalue weighted by Crippen LogP contribution is -2.21. The van der Waals surface area contributed by atoms with Gasteiger partial charge in [0, 0.05) is 28.0 Å². The molecule has 0 N–H and O–H groups in total. The summed E-state index contributed by atoms with van der Waals surface area (Å²) >= 11 is 1.61. The van der Waals surface area contributed by atoms with Gasteiger partial charge in [-0.3, -0.25) is 24.5 Å². The fourth-order valence-corrected chi connectivity index (χ4v) is 5.11. The van der Waals surface area contributed by atoms with Crippen molar-refractivity contribution >= 4 is 23.3 Å². The first-order valence-corrected chi connectivity index (χ1v) is 15.1. The Bertz CT molecular complexity index is 1320. The molecule has 0 spiro atoms. The predicted octanol–water partition coefficient (Wildman–Crippen LogP) is 6.11. The van der Waals surface area contributed by atoms with Crippen LogP contribution in [0.15, 0.2) is 41.4 Å². The Hall–Kier alpha value is -3.46. The van der Waals surface area contributed by atoms with Gasteiger partial charge in [0.15, 0.2) is 17.3 Å². The number of fused-ring (bicyclic) bond motifs is 3. The van der Waals surface area contributed by atoms with Crippen molar-refractivity contribution in [2.24, 2.45) is 0 Å². The minimum absolute atomic E-state index is 0.103. The van der Waals surface area contributed by atoms with E-state index in [9.17, 15) is 9.59 Å². The lowest BCUT2D eigenvalue weighted by atomic mass is 10.1. The molecule has 0 saturated carbocycles. The third-order valence-corrected chi connectivity index (χ3v) is 7.79. The number of Topliss-reactive ketones (excluding diaryl/α,β-unsaturated/α-hetero) is 2. The van der Waals surface area contributed by atoms with E-state index in [1.807, 2.05) is 18.2 Å². The quantitative estimate of drug-likeness (QED) is 0.365. The van der Waals surface area contributed by atoms with Gasteiger partial charge in [0.2, 0.25) is 0 Å². The summed E-state index contributed by atoms with van der Waals surface area (Å²) in [6, 6.07) is 9.98. The Morgan fingerprint density at radius 3 is 1.98 bits per heavy atom. The number of rotatable bonds is 3. The SMILES string of the molecule is CC(C)c1cc2c(cn1)OCCO2.CC(C)c1ccc2c(n1)CC(=O)CO2.CC(C)c1ccc2c(n1)CC(=O)CS2. The van der Waals surface area contributed by atoms with Crippen LogP contribution in [0.3, 0.4) is 0 Å². The summed E-state index contributed by atoms with van der Waals surface area (Å²) in [5.41, 5.74) is 4.90. The molecule has 6 rings (SSSR count). The molecule has 3 aliphatic rings. The van der Waals surface area contributed by atoms with Crippen LogP contribution in [-0.4, -0.2) is 52.1 Å². The molecule has 9 heteroatoms. The van der Waals surface area contributed by atoms with Crippen LogP contribution < -0.4 is 14.2 Å². The van der Waals surface area contributed by atoms with E-state index >= 15 is 0 Å². The zero-order valence-electron chi connectivity index (χ0n) is 24.7. The number of pyridine rings is 3. The predicted molar refractivity (Wildman–Crippen MR) is 160 cm³/mol. The Labute approximate surface area is 246 Å². The lowest BCUT2D eigenvalue weighted by Gasteiger charge is -2.18. The number of thioether (sulfide) groups is 1. The first-order chi connectivity index (χ1) is 19.6. The van der Waals surface area contributed by atoms with E-state index < -0.39 is 0 Å². The van der Waals surface area contributed by atoms with Crippen molar-refractivity contribution in [3.63, 3.8) is 0 Å². The van der Waals surface area contributed by atoms with Crippen LogP contribution in [-0.2, 0) is 22.4 Å². The number of carbonyl (C=O) groups is 2. The normalized spacial score (nSPS) is 15.2. The average molecular weight is 578 g/mol. The van der Waals surface area contributed by atoms with Gasteiger partial charge in [0.25, 0.3) is 0 Å². The van der Waals surface area contributed by atoms with E-state index in [1.54, 1.807) is 18.0 Å². The molecule has 0 unspecified atom stereocenters. The van der Waals surface area contributed by atoms with E-state index in [4.69, 9.17) is 14.2 Å². The summed E-state index contributed by atoms with van der Waals surface area (Å²) in [6.07, 6.45) is 2.67. The maximum atomic E-state index is 11.2. The van der Waals surface area contributed by atoms with Crippen LogP contribution in [0.25, 0.3) is 0 Å². The van der Waals surface area contributed by atoms with Gasteiger partial charge in [-0.2, -0.15) is 0 Å². The first kappa shape index (κ1) is 30.5. The molecule has 0 bridgehead atoms. The molecule has 6 heterocycles. The molecule has 0 amide bonds. The molecule has 8 nitrogen and oxygen atoms in total. The van der Waals surface area contributed by atoms with E-state index in [0.29, 0.717) is 49.6 Å². The number of nitrogens with zero attached hydrogens (tertiary/aromatic N) is 3. The van der Waals surface area contributed by atoms with E-state index in [2.05, 4.69) is 68.6 Å². The minimum atomic E-state index is 0.103. The molecule has 0 radical (unpaired) electrons. The number of hydrogen-bond donors (Lipinski definition) is 0. The smallest absolute Gasteiger partial charge is 0.179 e. The van der Waals surface area contributed by atoms with Crippen LogP contribution in [0.4, 0.5) is 0 Å². The second-order valence-corrected chi connectivity index (χ2v) is 12.1. The third-order valence-electron chi connectivity index (χ3n) is 6.64. The van der Waals surface area contributed by atoms with Gasteiger partial charge in [-0.05, 0) is 42.0 Å². The molecule has 41 heavy (non-hydrogen) atoms. The monoisotopic (exact) mass is 577 g/mol. The lowest BCUT2D eigenvalue weighted by molar-refractivity contribution is -0.121. The minimum Gasteiger partial charge on any atom is -0.486 e. The van der Waals surface area contributed by atoms with Crippen LogP contribution >= 0.6 is 11.8 Å². The summed E-state index contributed by atoms with van der Waals surface area (Å²) in [4.78, 5) is 36.8. The van der Waals surface area contributed by atoms with Crippen molar-refractivity contribution in [1.82, 2.24) is 15.0 Å². The van der Waals surface area contributed by atoms with Crippen LogP contribution in [0.2, 0.25) is 0 Å².